The van der Waals surface area contributed by atoms with Crippen molar-refractivity contribution < 1.29 is 9.53 Å². The third-order valence-corrected chi connectivity index (χ3v) is 2.96. The van der Waals surface area contributed by atoms with E-state index < -0.39 is 0 Å². The Labute approximate surface area is 101 Å². The van der Waals surface area contributed by atoms with Crippen LogP contribution in [0, 0.1) is 0 Å². The minimum absolute atomic E-state index is 0.318. The first kappa shape index (κ1) is 11.9. The Balaban J connectivity index is 2.18. The molecule has 1 aromatic rings. The lowest BCUT2D eigenvalue weighted by molar-refractivity contribution is -0.134. The highest BCUT2D eigenvalue weighted by atomic mass is 16.5. The highest BCUT2D eigenvalue weighted by Crippen LogP contribution is 2.17. The molecule has 0 spiro atoms. The smallest absolute Gasteiger partial charge is 0.330 e. The summed E-state index contributed by atoms with van der Waals surface area (Å²) in [5, 5.41) is 3.39. The Morgan fingerprint density at radius 3 is 3.12 bits per heavy atom. The normalized spacial score (nSPS) is 15.4. The molecule has 17 heavy (non-hydrogen) atoms. The van der Waals surface area contributed by atoms with Crippen LogP contribution in [0.15, 0.2) is 24.3 Å². The minimum atomic E-state index is -0.318. The van der Waals surface area contributed by atoms with Crippen LogP contribution in [0.3, 0.4) is 0 Å². The number of fused-ring (bicyclic) bond motifs is 1. The molecule has 3 heteroatoms. The van der Waals surface area contributed by atoms with E-state index in [0.29, 0.717) is 0 Å². The molecule has 0 amide bonds. The average Bonchev–Trinajstić information content (AvgIpc) is 2.60. The number of ether oxygens (including phenoxy) is 1. The quantitative estimate of drug-likeness (QED) is 0.624. The largest absolute Gasteiger partial charge is 0.466 e. The summed E-state index contributed by atoms with van der Waals surface area (Å²) in [5.41, 5.74) is 3.79. The van der Waals surface area contributed by atoms with Crippen molar-refractivity contribution in [2.75, 3.05) is 13.7 Å². The predicted octanol–water partition coefficient (Wildman–Crippen LogP) is 1.91. The summed E-state index contributed by atoms with van der Waals surface area (Å²) < 4.78 is 4.57. The highest BCUT2D eigenvalue weighted by Gasteiger charge is 2.07. The van der Waals surface area contributed by atoms with Crippen molar-refractivity contribution in [1.29, 1.82) is 0 Å². The molecule has 2 rings (SSSR count). The molecule has 0 saturated carbocycles. The lowest BCUT2D eigenvalue weighted by Gasteiger charge is -2.06. The van der Waals surface area contributed by atoms with Crippen molar-refractivity contribution in [2.24, 2.45) is 0 Å². The molecule has 3 nitrogen and oxygen atoms in total. The zero-order chi connectivity index (χ0) is 12.1. The van der Waals surface area contributed by atoms with Gasteiger partial charge in [-0.2, -0.15) is 0 Å². The molecular formula is C14H17NO2. The first-order valence-electron chi connectivity index (χ1n) is 5.88. The topological polar surface area (TPSA) is 38.3 Å². The Hall–Kier alpha value is -1.61. The monoisotopic (exact) mass is 231 g/mol. The third kappa shape index (κ3) is 3.17. The van der Waals surface area contributed by atoms with Gasteiger partial charge in [-0.15, -0.1) is 0 Å². The van der Waals surface area contributed by atoms with Crippen molar-refractivity contribution >= 4 is 12.0 Å². The second kappa shape index (κ2) is 5.64. The molecule has 0 saturated heterocycles. The minimum Gasteiger partial charge on any atom is -0.466 e. The second-order valence-corrected chi connectivity index (χ2v) is 4.16. The van der Waals surface area contributed by atoms with Crippen molar-refractivity contribution in [2.45, 2.75) is 19.4 Å². The van der Waals surface area contributed by atoms with Gasteiger partial charge in [-0.3, -0.25) is 0 Å². The summed E-state index contributed by atoms with van der Waals surface area (Å²) in [6.07, 6.45) is 5.51. The molecule has 0 radical (unpaired) electrons. The van der Waals surface area contributed by atoms with Crippen LogP contribution in [0.4, 0.5) is 0 Å². The second-order valence-electron chi connectivity index (χ2n) is 4.16. The van der Waals surface area contributed by atoms with Crippen LogP contribution in [0.2, 0.25) is 0 Å². The van der Waals surface area contributed by atoms with Crippen molar-refractivity contribution in [3.05, 3.63) is 41.0 Å². The first-order chi connectivity index (χ1) is 8.29. The van der Waals surface area contributed by atoms with E-state index in [1.165, 1.54) is 24.3 Å². The number of methoxy groups -OCH3 is 1. The zero-order valence-corrected chi connectivity index (χ0v) is 10.0. The van der Waals surface area contributed by atoms with E-state index >= 15 is 0 Å². The summed E-state index contributed by atoms with van der Waals surface area (Å²) in [5.74, 6) is -0.318. The van der Waals surface area contributed by atoms with Crippen LogP contribution in [-0.2, 0) is 22.5 Å². The maximum absolute atomic E-state index is 11.0. The van der Waals surface area contributed by atoms with Crippen LogP contribution in [-0.4, -0.2) is 19.6 Å². The summed E-state index contributed by atoms with van der Waals surface area (Å²) in [7, 11) is 1.38. The van der Waals surface area contributed by atoms with E-state index in [2.05, 4.69) is 22.2 Å². The van der Waals surface area contributed by atoms with E-state index in [1.54, 1.807) is 6.08 Å². The van der Waals surface area contributed by atoms with Crippen LogP contribution in [0.25, 0.3) is 6.08 Å². The Bertz CT molecular complexity index is 438. The van der Waals surface area contributed by atoms with E-state index in [1.807, 2.05) is 6.07 Å². The molecule has 1 aliphatic heterocycles. The maximum Gasteiger partial charge on any atom is 0.330 e. The fourth-order valence-electron chi connectivity index (χ4n) is 2.01. The van der Waals surface area contributed by atoms with Gasteiger partial charge in [-0.1, -0.05) is 18.2 Å². The number of carbonyl (C=O) groups excluding carboxylic acids is 1. The van der Waals surface area contributed by atoms with Crippen LogP contribution >= 0.6 is 0 Å². The Morgan fingerprint density at radius 2 is 2.29 bits per heavy atom. The van der Waals surface area contributed by atoms with E-state index in [0.717, 1.165) is 31.5 Å². The van der Waals surface area contributed by atoms with Crippen LogP contribution < -0.4 is 5.32 Å². The molecule has 0 aliphatic carbocycles. The number of hydrogen-bond acceptors (Lipinski definition) is 3. The molecule has 1 aromatic carbocycles. The summed E-state index contributed by atoms with van der Waals surface area (Å²) >= 11 is 0. The van der Waals surface area contributed by atoms with E-state index in [-0.39, 0.29) is 5.97 Å². The molecule has 90 valence electrons. The summed E-state index contributed by atoms with van der Waals surface area (Å²) in [6.45, 7) is 2.01. The van der Waals surface area contributed by atoms with Gasteiger partial charge in [-0.05, 0) is 42.2 Å². The van der Waals surface area contributed by atoms with Gasteiger partial charge >= 0.3 is 5.97 Å². The van der Waals surface area contributed by atoms with Gasteiger partial charge in [0, 0.05) is 12.6 Å². The molecule has 0 fully saturated rings. The van der Waals surface area contributed by atoms with E-state index in [9.17, 15) is 4.79 Å². The fraction of sp³-hybridized carbons (Fsp3) is 0.357. The number of hydrogen-bond donors (Lipinski definition) is 1. The molecule has 0 atom stereocenters. The van der Waals surface area contributed by atoms with Gasteiger partial charge in [-0.25, -0.2) is 4.79 Å². The van der Waals surface area contributed by atoms with Crippen LogP contribution in [0.1, 0.15) is 23.1 Å². The lowest BCUT2D eigenvalue weighted by Crippen LogP contribution is -2.11. The molecule has 0 bridgehead atoms. The Morgan fingerprint density at radius 1 is 1.41 bits per heavy atom. The molecule has 1 N–H and O–H groups in total. The van der Waals surface area contributed by atoms with Crippen molar-refractivity contribution in [3.8, 4) is 0 Å². The molecule has 1 heterocycles. The molecular weight excluding hydrogens is 214 g/mol. The number of rotatable bonds is 2. The van der Waals surface area contributed by atoms with Gasteiger partial charge in [0.25, 0.3) is 0 Å². The fourth-order valence-corrected chi connectivity index (χ4v) is 2.01. The van der Waals surface area contributed by atoms with Gasteiger partial charge in [0.1, 0.15) is 0 Å². The maximum atomic E-state index is 11.0. The lowest BCUT2D eigenvalue weighted by atomic mass is 10.0. The van der Waals surface area contributed by atoms with Gasteiger partial charge in [0.2, 0.25) is 0 Å². The number of nitrogens with one attached hydrogen (secondary N) is 1. The predicted molar refractivity (Wildman–Crippen MR) is 67.5 cm³/mol. The summed E-state index contributed by atoms with van der Waals surface area (Å²) in [6, 6.07) is 6.32. The van der Waals surface area contributed by atoms with Crippen LogP contribution in [0.5, 0.6) is 0 Å². The highest BCUT2D eigenvalue weighted by molar-refractivity contribution is 5.86. The molecule has 0 aromatic heterocycles. The van der Waals surface area contributed by atoms with Gasteiger partial charge in [0.15, 0.2) is 0 Å². The van der Waals surface area contributed by atoms with Gasteiger partial charge in [0.05, 0.1) is 7.11 Å². The number of esters is 1. The molecule has 1 aliphatic rings. The SMILES string of the molecule is COC(=O)/C=C/c1ccc2c(c1)CCCNC2. The standard InChI is InChI=1S/C14H17NO2/c1-17-14(16)7-5-11-4-6-13-10-15-8-2-3-12(13)9-11/h4-7,9,15H,2-3,8,10H2,1H3/b7-5+. The van der Waals surface area contributed by atoms with E-state index in [4.69, 9.17) is 0 Å². The third-order valence-electron chi connectivity index (χ3n) is 2.96. The van der Waals surface area contributed by atoms with Crippen molar-refractivity contribution in [1.82, 2.24) is 5.32 Å². The number of aryl methyl sites for hydroxylation is 1. The van der Waals surface area contributed by atoms with Crippen molar-refractivity contribution in [3.63, 3.8) is 0 Å². The number of carbonyl (C=O) groups is 1. The molecule has 0 unspecified atom stereocenters. The van der Waals surface area contributed by atoms with Gasteiger partial charge < -0.3 is 10.1 Å². The zero-order valence-electron chi connectivity index (χ0n) is 10.0. The summed E-state index contributed by atoms with van der Waals surface area (Å²) in [4.78, 5) is 11.0. The average molecular weight is 231 g/mol. The number of benzene rings is 1. The first-order valence-corrected chi connectivity index (χ1v) is 5.88. The Kier molecular flexibility index (Phi) is 3.94.